The van der Waals surface area contributed by atoms with Gasteiger partial charge in [0, 0.05) is 28.3 Å². The van der Waals surface area contributed by atoms with E-state index in [9.17, 15) is 18.0 Å². The highest BCUT2D eigenvalue weighted by Gasteiger charge is 2.31. The summed E-state index contributed by atoms with van der Waals surface area (Å²) < 4.78 is 27.7. The summed E-state index contributed by atoms with van der Waals surface area (Å²) in [4.78, 5) is 32.9. The predicted molar refractivity (Wildman–Crippen MR) is 142 cm³/mol. The Morgan fingerprint density at radius 2 is 1.59 bits per heavy atom. The first-order valence-electron chi connectivity index (χ1n) is 11.6. The molecule has 0 fully saturated rings. The molecule has 2 aromatic carbocycles. The molecule has 0 bridgehead atoms. The number of pyridine rings is 1. The van der Waals surface area contributed by atoms with Crippen molar-refractivity contribution in [1.82, 2.24) is 20.6 Å². The number of nitrogens with one attached hydrogen (secondary N) is 3. The molecule has 0 spiro atoms. The minimum Gasteiger partial charge on any atom is -0.349 e. The van der Waals surface area contributed by atoms with Crippen molar-refractivity contribution < 1.29 is 18.0 Å². The van der Waals surface area contributed by atoms with Crippen LogP contribution in [-0.4, -0.2) is 36.2 Å². The smallest absolute Gasteiger partial charge is 0.269 e. The SMILES string of the molecule is Cc1cc(C)cc(S(=O)(=O)c2c(C(=O)N[C@H](C)C(=O)N[C@H](C)c3ccncc3)[nH]c3ccc(Cl)cc23)c1. The summed E-state index contributed by atoms with van der Waals surface area (Å²) in [6, 6.07) is 12.0. The van der Waals surface area contributed by atoms with Crippen LogP contribution in [-0.2, 0) is 14.6 Å². The average molecular weight is 539 g/mol. The standard InChI is InChI=1S/C27H27ClN4O4S/c1-15-11-16(2)13-21(12-15)37(35,36)25-22-14-20(28)5-6-23(22)32-24(25)27(34)31-18(4)26(33)30-17(3)19-7-9-29-10-8-19/h5-14,17-18,32H,1-4H3,(H,30,33)(H,31,34)/t17-,18-/m1/s1. The van der Waals surface area contributed by atoms with Gasteiger partial charge in [-0.3, -0.25) is 14.6 Å². The molecule has 3 N–H and O–H groups in total. The molecule has 4 rings (SSSR count). The van der Waals surface area contributed by atoms with E-state index in [4.69, 9.17) is 11.6 Å². The van der Waals surface area contributed by atoms with E-state index in [2.05, 4.69) is 20.6 Å². The molecule has 2 amide bonds. The topological polar surface area (TPSA) is 121 Å². The van der Waals surface area contributed by atoms with Gasteiger partial charge in [0.1, 0.15) is 16.6 Å². The molecule has 0 aliphatic carbocycles. The van der Waals surface area contributed by atoms with Crippen LogP contribution in [0.1, 0.15) is 47.1 Å². The lowest BCUT2D eigenvalue weighted by Crippen LogP contribution is -2.45. The van der Waals surface area contributed by atoms with E-state index in [0.717, 1.165) is 16.7 Å². The van der Waals surface area contributed by atoms with Gasteiger partial charge >= 0.3 is 0 Å². The van der Waals surface area contributed by atoms with Gasteiger partial charge in [0.15, 0.2) is 0 Å². The lowest BCUT2D eigenvalue weighted by atomic mass is 10.1. The molecule has 0 aliphatic rings. The van der Waals surface area contributed by atoms with Crippen molar-refractivity contribution >= 4 is 44.2 Å². The molecule has 0 radical (unpaired) electrons. The van der Waals surface area contributed by atoms with Crippen molar-refractivity contribution in [3.8, 4) is 0 Å². The van der Waals surface area contributed by atoms with Crippen molar-refractivity contribution in [1.29, 1.82) is 0 Å². The number of aromatic nitrogens is 2. The van der Waals surface area contributed by atoms with Crippen LogP contribution in [0.15, 0.2) is 70.7 Å². The van der Waals surface area contributed by atoms with Crippen molar-refractivity contribution in [2.24, 2.45) is 0 Å². The largest absolute Gasteiger partial charge is 0.349 e. The van der Waals surface area contributed by atoms with Gasteiger partial charge in [0.2, 0.25) is 15.7 Å². The summed E-state index contributed by atoms with van der Waals surface area (Å²) >= 11 is 6.18. The number of carbonyl (C=O) groups excluding carboxylic acids is 2. The van der Waals surface area contributed by atoms with Crippen LogP contribution in [0.25, 0.3) is 10.9 Å². The Labute approximate surface area is 220 Å². The highest BCUT2D eigenvalue weighted by molar-refractivity contribution is 7.91. The predicted octanol–water partition coefficient (Wildman–Crippen LogP) is 4.66. The van der Waals surface area contributed by atoms with Crippen LogP contribution in [0.5, 0.6) is 0 Å². The van der Waals surface area contributed by atoms with Crippen molar-refractivity contribution in [2.75, 3.05) is 0 Å². The first kappa shape index (κ1) is 26.4. The fourth-order valence-corrected chi connectivity index (χ4v) is 6.15. The Morgan fingerprint density at radius 1 is 0.946 bits per heavy atom. The molecule has 192 valence electrons. The number of hydrogen-bond acceptors (Lipinski definition) is 5. The van der Waals surface area contributed by atoms with Crippen molar-refractivity contribution in [3.63, 3.8) is 0 Å². The van der Waals surface area contributed by atoms with Gasteiger partial charge in [0.25, 0.3) is 5.91 Å². The molecule has 0 saturated heterocycles. The van der Waals surface area contributed by atoms with E-state index in [1.807, 2.05) is 13.0 Å². The molecule has 10 heteroatoms. The number of benzene rings is 2. The summed E-state index contributed by atoms with van der Waals surface area (Å²) in [5, 5.41) is 6.08. The second-order valence-electron chi connectivity index (χ2n) is 9.05. The van der Waals surface area contributed by atoms with Crippen LogP contribution in [0.3, 0.4) is 0 Å². The Morgan fingerprint density at radius 3 is 2.24 bits per heavy atom. The fraction of sp³-hybridized carbons (Fsp3) is 0.222. The third-order valence-corrected chi connectivity index (χ3v) is 8.07. The van der Waals surface area contributed by atoms with Crippen LogP contribution < -0.4 is 10.6 Å². The summed E-state index contributed by atoms with van der Waals surface area (Å²) in [5.74, 6) is -1.15. The monoisotopic (exact) mass is 538 g/mol. The highest BCUT2D eigenvalue weighted by Crippen LogP contribution is 2.34. The Kier molecular flexibility index (Phi) is 7.38. The van der Waals surface area contributed by atoms with E-state index in [1.54, 1.807) is 62.6 Å². The number of halogens is 1. The van der Waals surface area contributed by atoms with Gasteiger partial charge in [-0.2, -0.15) is 0 Å². The van der Waals surface area contributed by atoms with Crippen molar-refractivity contribution in [2.45, 2.75) is 49.6 Å². The number of aryl methyl sites for hydroxylation is 2. The summed E-state index contributed by atoms with van der Waals surface area (Å²) in [7, 11) is -4.13. The van der Waals surface area contributed by atoms with Crippen molar-refractivity contribution in [3.05, 3.63) is 88.3 Å². The maximum Gasteiger partial charge on any atom is 0.269 e. The molecule has 8 nitrogen and oxygen atoms in total. The van der Waals surface area contributed by atoms with Gasteiger partial charge in [-0.1, -0.05) is 17.7 Å². The third-order valence-electron chi connectivity index (χ3n) is 6.02. The molecule has 2 heterocycles. The van der Waals surface area contributed by atoms with E-state index in [1.165, 1.54) is 13.0 Å². The minimum atomic E-state index is -4.13. The van der Waals surface area contributed by atoms with E-state index in [-0.39, 0.29) is 21.5 Å². The number of amides is 2. The van der Waals surface area contributed by atoms with Crippen LogP contribution >= 0.6 is 11.6 Å². The Balaban J connectivity index is 1.68. The van der Waals surface area contributed by atoms with E-state index >= 15 is 0 Å². The molecule has 0 unspecified atom stereocenters. The second-order valence-corrected chi connectivity index (χ2v) is 11.4. The number of aromatic amines is 1. The molecular weight excluding hydrogens is 512 g/mol. The number of H-pyrrole nitrogens is 1. The van der Waals surface area contributed by atoms with E-state index < -0.39 is 27.7 Å². The van der Waals surface area contributed by atoms with Gasteiger partial charge in [-0.15, -0.1) is 0 Å². The first-order valence-corrected chi connectivity index (χ1v) is 13.5. The highest BCUT2D eigenvalue weighted by atomic mass is 35.5. The van der Waals surface area contributed by atoms with Gasteiger partial charge in [-0.25, -0.2) is 8.42 Å². The molecular formula is C27H27ClN4O4S. The van der Waals surface area contributed by atoms with Crippen LogP contribution in [0.2, 0.25) is 5.02 Å². The van der Waals surface area contributed by atoms with Gasteiger partial charge < -0.3 is 15.6 Å². The molecule has 4 aromatic rings. The molecule has 0 aliphatic heterocycles. The summed E-state index contributed by atoms with van der Waals surface area (Å²) in [6.07, 6.45) is 3.26. The zero-order valence-corrected chi connectivity index (χ0v) is 22.4. The zero-order valence-electron chi connectivity index (χ0n) is 20.8. The number of fused-ring (bicyclic) bond motifs is 1. The molecule has 2 aromatic heterocycles. The number of carbonyl (C=O) groups is 2. The summed E-state index contributed by atoms with van der Waals surface area (Å²) in [6.45, 7) is 6.96. The number of nitrogens with zero attached hydrogens (tertiary/aromatic N) is 1. The van der Waals surface area contributed by atoms with Gasteiger partial charge in [0.05, 0.1) is 10.9 Å². The summed E-state index contributed by atoms with van der Waals surface area (Å²) in [5.41, 5.74) is 2.67. The number of hydrogen-bond donors (Lipinski definition) is 3. The van der Waals surface area contributed by atoms with Crippen LogP contribution in [0, 0.1) is 13.8 Å². The number of sulfone groups is 1. The quantitative estimate of drug-likeness (QED) is 0.316. The van der Waals surface area contributed by atoms with Crippen LogP contribution in [0.4, 0.5) is 0 Å². The molecule has 0 saturated carbocycles. The maximum atomic E-state index is 13.8. The lowest BCUT2D eigenvalue weighted by molar-refractivity contribution is -0.123. The number of rotatable bonds is 7. The Bertz CT molecular complexity index is 1580. The fourth-order valence-electron chi connectivity index (χ4n) is 4.19. The maximum absolute atomic E-state index is 13.8. The third kappa shape index (κ3) is 5.52. The second kappa shape index (κ2) is 10.4. The lowest BCUT2D eigenvalue weighted by Gasteiger charge is -2.19. The van der Waals surface area contributed by atoms with Gasteiger partial charge in [-0.05, 0) is 86.8 Å². The van der Waals surface area contributed by atoms with E-state index in [0.29, 0.717) is 15.9 Å². The average Bonchev–Trinajstić information content (AvgIpc) is 3.23. The molecule has 37 heavy (non-hydrogen) atoms. The minimum absolute atomic E-state index is 0.0666. The normalized spacial score (nSPS) is 13.2. The molecule has 2 atom stereocenters. The zero-order chi connectivity index (χ0) is 26.9. The Hall–Kier alpha value is -3.69. The first-order chi connectivity index (χ1) is 17.5.